The minimum absolute atomic E-state index is 0.0760. The van der Waals surface area contributed by atoms with Gasteiger partial charge in [-0.1, -0.05) is 157 Å². The number of azo groups is 4. The first kappa shape index (κ1) is 71.8. The predicted octanol–water partition coefficient (Wildman–Crippen LogP) is 24.8. The number of carbonyl (C=O) groups is 3. The van der Waals surface area contributed by atoms with Crippen molar-refractivity contribution in [2.24, 2.45) is 40.9 Å². The third-order valence-electron chi connectivity index (χ3n) is 18.2. The summed E-state index contributed by atoms with van der Waals surface area (Å²) in [6.07, 6.45) is 11.9. The van der Waals surface area contributed by atoms with E-state index in [2.05, 4.69) is 76.2 Å². The molecule has 104 heavy (non-hydrogen) atoms. The third-order valence-corrected chi connectivity index (χ3v) is 18.2. The quantitative estimate of drug-likeness (QED) is 0.0316. The first-order valence-electron chi connectivity index (χ1n) is 36.1. The van der Waals surface area contributed by atoms with Crippen molar-refractivity contribution in [2.75, 3.05) is 0 Å². The van der Waals surface area contributed by atoms with Crippen molar-refractivity contribution in [2.45, 2.75) is 130 Å². The molecular weight excluding hydrogens is 1290 g/mol. The Bertz CT molecular complexity index is 4690. The topological polar surface area (TPSA) is 198 Å². The van der Waals surface area contributed by atoms with Crippen LogP contribution in [0.15, 0.2) is 278 Å². The number of aryl methyl sites for hydroxylation is 4. The van der Waals surface area contributed by atoms with E-state index in [1.54, 1.807) is 121 Å². The lowest BCUT2D eigenvalue weighted by atomic mass is 9.90. The highest BCUT2D eigenvalue weighted by Crippen LogP contribution is 2.45. The summed E-state index contributed by atoms with van der Waals surface area (Å²) in [4.78, 5) is 44.8. The van der Waals surface area contributed by atoms with Crippen LogP contribution in [0.3, 0.4) is 0 Å². The van der Waals surface area contributed by atoms with Crippen LogP contribution in [0.5, 0.6) is 23.0 Å². The third kappa shape index (κ3) is 19.4. The average Bonchev–Trinajstić information content (AvgIpc) is 0.774. The van der Waals surface area contributed by atoms with Crippen LogP contribution in [0, 0.1) is 0 Å². The van der Waals surface area contributed by atoms with E-state index in [0.717, 1.165) is 77.0 Å². The van der Waals surface area contributed by atoms with Gasteiger partial charge in [-0.3, -0.25) is 0 Å². The number of hydrogen-bond donors (Lipinski definition) is 1. The molecule has 15 heteroatoms. The van der Waals surface area contributed by atoms with E-state index in [1.807, 2.05) is 66.7 Å². The molecule has 0 aromatic heterocycles. The maximum absolute atomic E-state index is 15.0. The van der Waals surface area contributed by atoms with Crippen LogP contribution in [0.25, 0.3) is 0 Å². The van der Waals surface area contributed by atoms with Crippen LogP contribution in [0.2, 0.25) is 0 Å². The van der Waals surface area contributed by atoms with Gasteiger partial charge in [0.1, 0.15) is 23.0 Å². The lowest BCUT2D eigenvalue weighted by Crippen LogP contribution is -2.15. The van der Waals surface area contributed by atoms with E-state index in [0.29, 0.717) is 90.0 Å². The molecule has 0 saturated carbocycles. The maximum Gasteiger partial charge on any atom is 0.343 e. The monoisotopic (exact) mass is 1380 g/mol. The summed E-state index contributed by atoms with van der Waals surface area (Å²) >= 11 is 0. The number of ether oxygens (including phenoxy) is 3. The van der Waals surface area contributed by atoms with Crippen LogP contribution in [-0.2, 0) is 51.4 Å². The largest absolute Gasteiger partial charge is 0.507 e. The summed E-state index contributed by atoms with van der Waals surface area (Å²) in [7, 11) is 0. The zero-order chi connectivity index (χ0) is 72.0. The number of rotatable bonds is 26. The number of aromatic hydroxyl groups is 1. The highest BCUT2D eigenvalue weighted by atomic mass is 16.5. The normalized spacial score (nSPS) is 12.2. The van der Waals surface area contributed by atoms with Crippen molar-refractivity contribution >= 4 is 63.4 Å². The van der Waals surface area contributed by atoms with E-state index in [1.165, 1.54) is 22.3 Å². The molecule has 0 unspecified atom stereocenters. The van der Waals surface area contributed by atoms with E-state index >= 15 is 4.79 Å². The molecule has 1 N–H and O–H groups in total. The first-order chi connectivity index (χ1) is 50.9. The molecule has 11 aromatic rings. The Balaban J connectivity index is 1.13. The SMILES string of the molecule is CCCCc1ccc(N=Nc2cc3c(O)c(c2)Cc2cc(N=Nc4ccc(CCCC)cc4)cc(c2OC(=O)c2ccccc2)Cc2cc(N=Nc4ccc(CCCC)cc4)cc(c2OC(=O)c2ccccc2)Cc2cc(N=Nc4ccc(CCCC)cc4)cc(c2OC(=O)c2ccccc2)C3)cc1. The molecule has 11 aromatic carbocycles. The molecule has 0 radical (unpaired) electrons. The summed E-state index contributed by atoms with van der Waals surface area (Å²) in [5.41, 5.74) is 12.9. The predicted molar refractivity (Wildman–Crippen MR) is 410 cm³/mol. The number of carbonyl (C=O) groups excluding carboxylic acids is 3. The Kier molecular flexibility index (Phi) is 24.6. The van der Waals surface area contributed by atoms with E-state index in [9.17, 15) is 14.7 Å². The molecule has 0 saturated heterocycles. The molecule has 15 nitrogen and oxygen atoms in total. The Morgan fingerprint density at radius 3 is 0.702 bits per heavy atom. The minimum Gasteiger partial charge on any atom is -0.507 e. The zero-order valence-electron chi connectivity index (χ0n) is 59.3. The number of fused-ring (bicyclic) bond motifs is 8. The Labute approximate surface area is 608 Å². The average molecular weight is 1380 g/mol. The number of hydrogen-bond acceptors (Lipinski definition) is 15. The molecule has 0 amide bonds. The Morgan fingerprint density at radius 1 is 0.279 bits per heavy atom. The molecule has 0 aliphatic heterocycles. The molecule has 1 aliphatic carbocycles. The summed E-state index contributed by atoms with van der Waals surface area (Å²) < 4.78 is 20.3. The number of nitrogens with zero attached hydrogens (tertiary/aromatic N) is 8. The number of phenolic OH excluding ortho intramolecular Hbond substituents is 1. The first-order valence-corrected chi connectivity index (χ1v) is 36.1. The fourth-order valence-electron chi connectivity index (χ4n) is 12.5. The highest BCUT2D eigenvalue weighted by molar-refractivity contribution is 5.93. The molecule has 0 fully saturated rings. The Morgan fingerprint density at radius 2 is 0.481 bits per heavy atom. The van der Waals surface area contributed by atoms with Gasteiger partial charge in [0, 0.05) is 70.2 Å². The van der Waals surface area contributed by atoms with E-state index in [4.69, 9.17) is 55.1 Å². The summed E-state index contributed by atoms with van der Waals surface area (Å²) in [5, 5.41) is 52.1. The second-order valence-electron chi connectivity index (χ2n) is 26.2. The zero-order valence-corrected chi connectivity index (χ0v) is 59.3. The van der Waals surface area contributed by atoms with E-state index < -0.39 is 17.9 Å². The molecule has 0 spiro atoms. The molecule has 8 bridgehead atoms. The fourth-order valence-corrected chi connectivity index (χ4v) is 12.5. The van der Waals surface area contributed by atoms with Gasteiger partial charge in [0.15, 0.2) is 0 Å². The van der Waals surface area contributed by atoms with Crippen molar-refractivity contribution in [3.8, 4) is 23.0 Å². The number of phenols is 1. The standard InChI is InChI=1S/C89H84N8O7/c1-5-9-22-60-32-40-75(41-33-60)90-94-79-52-67-48-69-54-80(95-91-76-42-34-61(35-43-76)23-10-6-2)56-71(84(69)102-87(99)64-26-16-13-17-27-64)50-73-58-82(97-93-78-46-38-63(39-47-78)25-12-8-4)59-74(86(73)104-89(101)66-30-20-15-21-31-66)51-72-57-81(96-92-77-44-36-62(37-45-77)24-11-7-3)55-70(49-68(53-79)83(67)98)85(72)103-88(100)65-28-18-14-19-29-65/h13-21,26-47,52-59,98H,5-12,22-25,48-51H2,1-4H3. The number of esters is 3. The van der Waals surface area contributed by atoms with Gasteiger partial charge in [0.05, 0.1) is 62.2 Å². The van der Waals surface area contributed by atoms with Gasteiger partial charge in [0.2, 0.25) is 0 Å². The molecular formula is C89H84N8O7. The van der Waals surface area contributed by atoms with Crippen molar-refractivity contribution in [3.05, 3.63) is 320 Å². The van der Waals surface area contributed by atoms with Crippen LogP contribution in [0.1, 0.15) is 177 Å². The number of unbranched alkanes of at least 4 members (excludes halogenated alkanes) is 4. The Hall–Kier alpha value is -12.0. The van der Waals surface area contributed by atoms with Crippen LogP contribution in [0.4, 0.5) is 45.5 Å². The fraction of sp³-hybridized carbons (Fsp3) is 0.225. The smallest absolute Gasteiger partial charge is 0.343 e. The summed E-state index contributed by atoms with van der Waals surface area (Å²) in [5.74, 6) is -1.62. The summed E-state index contributed by atoms with van der Waals surface area (Å²) in [6.45, 7) is 8.68. The van der Waals surface area contributed by atoms with E-state index in [-0.39, 0.29) is 65.4 Å². The van der Waals surface area contributed by atoms with Gasteiger partial charge in [0.25, 0.3) is 0 Å². The minimum atomic E-state index is -0.662. The van der Waals surface area contributed by atoms with Gasteiger partial charge >= 0.3 is 17.9 Å². The van der Waals surface area contributed by atoms with Crippen LogP contribution in [-0.4, -0.2) is 23.0 Å². The van der Waals surface area contributed by atoms with Crippen LogP contribution >= 0.6 is 0 Å². The molecule has 12 rings (SSSR count). The molecule has 522 valence electrons. The second kappa shape index (κ2) is 35.6. The van der Waals surface area contributed by atoms with Gasteiger partial charge in [-0.15, -0.1) is 0 Å². The van der Waals surface area contributed by atoms with Crippen LogP contribution < -0.4 is 14.2 Å². The lowest BCUT2D eigenvalue weighted by molar-refractivity contribution is 0.0722. The van der Waals surface area contributed by atoms with Crippen molar-refractivity contribution in [1.82, 2.24) is 0 Å². The van der Waals surface area contributed by atoms with Crippen molar-refractivity contribution in [1.29, 1.82) is 0 Å². The van der Waals surface area contributed by atoms with Gasteiger partial charge in [-0.05, 0) is 207 Å². The van der Waals surface area contributed by atoms with Crippen molar-refractivity contribution < 1.29 is 33.7 Å². The molecule has 0 heterocycles. The molecule has 1 aliphatic rings. The maximum atomic E-state index is 15.0. The summed E-state index contributed by atoms with van der Waals surface area (Å²) in [6, 6.07) is 72.5. The van der Waals surface area contributed by atoms with Gasteiger partial charge in [-0.2, -0.15) is 40.9 Å². The lowest BCUT2D eigenvalue weighted by Gasteiger charge is -2.22. The van der Waals surface area contributed by atoms with Crippen molar-refractivity contribution in [3.63, 3.8) is 0 Å². The van der Waals surface area contributed by atoms with Gasteiger partial charge < -0.3 is 19.3 Å². The highest BCUT2D eigenvalue weighted by Gasteiger charge is 2.28. The second-order valence-corrected chi connectivity index (χ2v) is 26.2. The number of benzene rings is 11. The molecule has 0 atom stereocenters. The van der Waals surface area contributed by atoms with Gasteiger partial charge in [-0.25, -0.2) is 14.4 Å².